The van der Waals surface area contributed by atoms with Gasteiger partial charge in [-0.25, -0.2) is 4.79 Å². The number of rotatable bonds is 10. The number of aryl methyl sites for hydroxylation is 2. The predicted octanol–water partition coefficient (Wildman–Crippen LogP) is 2.38. The van der Waals surface area contributed by atoms with Crippen molar-refractivity contribution >= 4 is 23.8 Å². The molecule has 4 amide bonds. The highest BCUT2D eigenvalue weighted by molar-refractivity contribution is 5.94. The SMILES string of the molecule is Cc1ccc(C)c(C(C(=O)NC2CCCCC2)N(CCO)C(=O)C(CC(N)=O)NC(=O)OC(C)(C)C)c1. The molecule has 0 heterocycles. The second kappa shape index (κ2) is 13.4. The van der Waals surface area contributed by atoms with Crippen molar-refractivity contribution in [1.29, 1.82) is 0 Å². The van der Waals surface area contributed by atoms with Crippen molar-refractivity contribution in [2.24, 2.45) is 5.73 Å². The molecule has 1 aromatic carbocycles. The summed E-state index contributed by atoms with van der Waals surface area (Å²) in [7, 11) is 0. The third-order valence-electron chi connectivity index (χ3n) is 6.26. The zero-order chi connectivity index (χ0) is 27.8. The van der Waals surface area contributed by atoms with Crippen molar-refractivity contribution in [3.05, 3.63) is 34.9 Å². The Labute approximate surface area is 219 Å². The van der Waals surface area contributed by atoms with Gasteiger partial charge in [0, 0.05) is 12.6 Å². The molecule has 10 heteroatoms. The lowest BCUT2D eigenvalue weighted by Crippen LogP contribution is -2.55. The molecule has 37 heavy (non-hydrogen) atoms. The van der Waals surface area contributed by atoms with Crippen LogP contribution in [-0.4, -0.2) is 64.7 Å². The van der Waals surface area contributed by atoms with Gasteiger partial charge < -0.3 is 31.1 Å². The number of alkyl carbamates (subject to hydrolysis) is 1. The minimum Gasteiger partial charge on any atom is -0.444 e. The molecule has 0 saturated heterocycles. The third-order valence-corrected chi connectivity index (χ3v) is 6.26. The van der Waals surface area contributed by atoms with Crippen LogP contribution in [0.25, 0.3) is 0 Å². The number of benzene rings is 1. The Bertz CT molecular complexity index is 968. The van der Waals surface area contributed by atoms with Crippen LogP contribution in [0.2, 0.25) is 0 Å². The van der Waals surface area contributed by atoms with E-state index < -0.39 is 48.6 Å². The van der Waals surface area contributed by atoms with E-state index >= 15 is 0 Å². The van der Waals surface area contributed by atoms with Crippen LogP contribution in [0, 0.1) is 13.8 Å². The second-order valence-electron chi connectivity index (χ2n) is 10.7. The third kappa shape index (κ3) is 9.35. The van der Waals surface area contributed by atoms with Gasteiger partial charge >= 0.3 is 6.09 Å². The Morgan fingerprint density at radius 2 is 1.78 bits per heavy atom. The van der Waals surface area contributed by atoms with E-state index in [9.17, 15) is 24.3 Å². The number of hydrogen-bond acceptors (Lipinski definition) is 6. The topological polar surface area (TPSA) is 151 Å². The van der Waals surface area contributed by atoms with Gasteiger partial charge in [-0.2, -0.15) is 0 Å². The Morgan fingerprint density at radius 3 is 2.35 bits per heavy atom. The quantitative estimate of drug-likeness (QED) is 0.373. The summed E-state index contributed by atoms with van der Waals surface area (Å²) in [5.41, 5.74) is 6.84. The zero-order valence-electron chi connectivity index (χ0n) is 22.6. The fraction of sp³-hybridized carbons (Fsp3) is 0.630. The summed E-state index contributed by atoms with van der Waals surface area (Å²) in [6.45, 7) is 8.11. The minimum absolute atomic E-state index is 0.0127. The van der Waals surface area contributed by atoms with Crippen molar-refractivity contribution in [2.45, 2.75) is 96.9 Å². The molecule has 0 radical (unpaired) electrons. The molecule has 10 nitrogen and oxygen atoms in total. The lowest BCUT2D eigenvalue weighted by Gasteiger charge is -2.36. The first kappa shape index (κ1) is 30.1. The van der Waals surface area contributed by atoms with Gasteiger partial charge in [-0.05, 0) is 58.6 Å². The summed E-state index contributed by atoms with van der Waals surface area (Å²) in [6.07, 6.45) is 3.45. The number of amides is 4. The molecule has 5 N–H and O–H groups in total. The van der Waals surface area contributed by atoms with Gasteiger partial charge in [-0.15, -0.1) is 0 Å². The van der Waals surface area contributed by atoms with Crippen LogP contribution in [-0.2, 0) is 19.1 Å². The molecule has 0 aromatic heterocycles. The maximum absolute atomic E-state index is 13.8. The van der Waals surface area contributed by atoms with E-state index in [-0.39, 0.29) is 18.5 Å². The number of carbonyl (C=O) groups is 4. The monoisotopic (exact) mass is 518 g/mol. The molecule has 2 atom stereocenters. The minimum atomic E-state index is -1.38. The van der Waals surface area contributed by atoms with Crippen LogP contribution in [0.15, 0.2) is 18.2 Å². The van der Waals surface area contributed by atoms with Gasteiger partial charge in [0.15, 0.2) is 0 Å². The van der Waals surface area contributed by atoms with Crippen LogP contribution >= 0.6 is 0 Å². The number of nitrogens with zero attached hydrogens (tertiary/aromatic N) is 1. The summed E-state index contributed by atoms with van der Waals surface area (Å²) in [6, 6.07) is 3.13. The number of ether oxygens (including phenoxy) is 1. The number of primary amides is 1. The van der Waals surface area contributed by atoms with Crippen molar-refractivity contribution in [3.63, 3.8) is 0 Å². The maximum Gasteiger partial charge on any atom is 0.408 e. The lowest BCUT2D eigenvalue weighted by molar-refractivity contribution is -0.144. The van der Waals surface area contributed by atoms with E-state index in [0.717, 1.165) is 43.2 Å². The number of aliphatic hydroxyl groups is 1. The van der Waals surface area contributed by atoms with Crippen LogP contribution in [0.3, 0.4) is 0 Å². The average molecular weight is 519 g/mol. The first-order valence-electron chi connectivity index (χ1n) is 12.9. The first-order valence-corrected chi connectivity index (χ1v) is 12.9. The number of aliphatic hydroxyl groups excluding tert-OH is 1. The van der Waals surface area contributed by atoms with Gasteiger partial charge in [0.05, 0.1) is 13.0 Å². The molecular weight excluding hydrogens is 476 g/mol. The van der Waals surface area contributed by atoms with Crippen molar-refractivity contribution in [1.82, 2.24) is 15.5 Å². The van der Waals surface area contributed by atoms with Crippen molar-refractivity contribution < 1.29 is 29.0 Å². The zero-order valence-corrected chi connectivity index (χ0v) is 22.6. The standard InChI is InChI=1S/C27H42N4O6/c1-17-11-12-18(2)20(15-17)23(24(34)29-19-9-7-6-8-10-19)31(13-14-32)25(35)21(16-22(28)33)30-26(36)37-27(3,4)5/h11-12,15,19,21,23,32H,6-10,13-14,16H2,1-5H3,(H2,28,33)(H,29,34)(H,30,36). The Hall–Kier alpha value is -3.14. The van der Waals surface area contributed by atoms with Gasteiger partial charge in [-0.3, -0.25) is 14.4 Å². The van der Waals surface area contributed by atoms with Gasteiger partial charge in [0.25, 0.3) is 0 Å². The number of carbonyl (C=O) groups excluding carboxylic acids is 4. The van der Waals surface area contributed by atoms with E-state index in [2.05, 4.69) is 10.6 Å². The van der Waals surface area contributed by atoms with Crippen molar-refractivity contribution in [3.8, 4) is 0 Å². The normalized spacial score (nSPS) is 15.8. The molecule has 1 aliphatic carbocycles. The van der Waals surface area contributed by atoms with Crippen LogP contribution in [0.5, 0.6) is 0 Å². The number of hydrogen-bond donors (Lipinski definition) is 4. The predicted molar refractivity (Wildman–Crippen MR) is 139 cm³/mol. The van der Waals surface area contributed by atoms with E-state index in [1.165, 1.54) is 4.90 Å². The smallest absolute Gasteiger partial charge is 0.408 e. The molecule has 2 rings (SSSR count). The second-order valence-corrected chi connectivity index (χ2v) is 10.7. The summed E-state index contributed by atoms with van der Waals surface area (Å²) < 4.78 is 5.27. The Kier molecular flexibility index (Phi) is 10.9. The summed E-state index contributed by atoms with van der Waals surface area (Å²) in [5, 5.41) is 15.4. The Morgan fingerprint density at radius 1 is 1.14 bits per heavy atom. The molecule has 206 valence electrons. The van der Waals surface area contributed by atoms with Gasteiger partial charge in [-0.1, -0.05) is 43.0 Å². The van der Waals surface area contributed by atoms with Gasteiger partial charge in [0.1, 0.15) is 17.7 Å². The highest BCUT2D eigenvalue weighted by atomic mass is 16.6. The van der Waals surface area contributed by atoms with Crippen LogP contribution in [0.4, 0.5) is 4.79 Å². The van der Waals surface area contributed by atoms with Crippen LogP contribution < -0.4 is 16.4 Å². The van der Waals surface area contributed by atoms with Crippen molar-refractivity contribution in [2.75, 3.05) is 13.2 Å². The lowest BCUT2D eigenvalue weighted by atomic mass is 9.93. The fourth-order valence-electron chi connectivity index (χ4n) is 4.56. The molecule has 1 aliphatic rings. The summed E-state index contributed by atoms with van der Waals surface area (Å²) in [5.74, 6) is -1.91. The van der Waals surface area contributed by atoms with E-state index in [1.54, 1.807) is 20.8 Å². The molecule has 1 saturated carbocycles. The molecule has 0 spiro atoms. The maximum atomic E-state index is 13.8. The average Bonchev–Trinajstić information content (AvgIpc) is 2.79. The highest BCUT2D eigenvalue weighted by Gasteiger charge is 2.38. The number of nitrogens with two attached hydrogens (primary N) is 1. The summed E-state index contributed by atoms with van der Waals surface area (Å²) >= 11 is 0. The van der Waals surface area contributed by atoms with Crippen LogP contribution in [0.1, 0.15) is 82.0 Å². The van der Waals surface area contributed by atoms with E-state index in [0.29, 0.717) is 5.56 Å². The molecule has 0 bridgehead atoms. The molecule has 1 fully saturated rings. The molecule has 0 aliphatic heterocycles. The molecule has 1 aromatic rings. The Balaban J connectivity index is 2.48. The largest absolute Gasteiger partial charge is 0.444 e. The molecular formula is C27H42N4O6. The van der Waals surface area contributed by atoms with E-state index in [4.69, 9.17) is 10.5 Å². The first-order chi connectivity index (χ1) is 17.3. The van der Waals surface area contributed by atoms with E-state index in [1.807, 2.05) is 32.0 Å². The summed E-state index contributed by atoms with van der Waals surface area (Å²) in [4.78, 5) is 53.1. The highest BCUT2D eigenvalue weighted by Crippen LogP contribution is 2.28. The molecule has 2 unspecified atom stereocenters. The number of nitrogens with one attached hydrogen (secondary N) is 2. The van der Waals surface area contributed by atoms with Gasteiger partial charge in [0.2, 0.25) is 17.7 Å². The fourth-order valence-corrected chi connectivity index (χ4v) is 4.56.